The van der Waals surface area contributed by atoms with E-state index in [9.17, 15) is 14.4 Å². The molecule has 2 atom stereocenters. The number of carbonyl (C=O) groups is 3. The van der Waals surface area contributed by atoms with Gasteiger partial charge >= 0.3 is 6.09 Å². The summed E-state index contributed by atoms with van der Waals surface area (Å²) in [6.07, 6.45) is 2.04. The van der Waals surface area contributed by atoms with Crippen molar-refractivity contribution < 1.29 is 19.1 Å². The topological polar surface area (TPSA) is 91.0 Å². The average molecular weight is 397 g/mol. The SMILES string of the molecule is CC(C)C[C@H](NC(=O)[C@@H]1CCCN1)C(=O)N1CCN(C(=O)OC(C)(C)C)CC1. The molecule has 0 radical (unpaired) electrons. The number of hydrogen-bond acceptors (Lipinski definition) is 5. The Bertz CT molecular complexity index is 559. The number of ether oxygens (including phenoxy) is 1. The number of nitrogens with one attached hydrogen (secondary N) is 2. The maximum atomic E-state index is 13.0. The maximum Gasteiger partial charge on any atom is 0.410 e. The van der Waals surface area contributed by atoms with Crippen LogP contribution in [0.4, 0.5) is 4.79 Å². The van der Waals surface area contributed by atoms with Crippen molar-refractivity contribution in [2.24, 2.45) is 5.92 Å². The minimum absolute atomic E-state index is 0.0658. The number of piperazine rings is 1. The lowest BCUT2D eigenvalue weighted by Crippen LogP contribution is -2.57. The van der Waals surface area contributed by atoms with Crippen molar-refractivity contribution in [1.29, 1.82) is 0 Å². The van der Waals surface area contributed by atoms with E-state index in [0.29, 0.717) is 32.6 Å². The fraction of sp³-hybridized carbons (Fsp3) is 0.850. The van der Waals surface area contributed by atoms with E-state index in [4.69, 9.17) is 4.74 Å². The Balaban J connectivity index is 1.91. The van der Waals surface area contributed by atoms with Crippen LogP contribution < -0.4 is 10.6 Å². The van der Waals surface area contributed by atoms with Crippen molar-refractivity contribution >= 4 is 17.9 Å². The molecule has 2 fully saturated rings. The molecule has 0 unspecified atom stereocenters. The van der Waals surface area contributed by atoms with Gasteiger partial charge in [-0.15, -0.1) is 0 Å². The van der Waals surface area contributed by atoms with Crippen LogP contribution >= 0.6 is 0 Å². The molecular weight excluding hydrogens is 360 g/mol. The summed E-state index contributed by atoms with van der Waals surface area (Å²) in [6, 6.07) is -0.727. The predicted molar refractivity (Wildman–Crippen MR) is 107 cm³/mol. The van der Waals surface area contributed by atoms with Gasteiger partial charge in [-0.25, -0.2) is 4.79 Å². The number of carbonyl (C=O) groups excluding carboxylic acids is 3. The quantitative estimate of drug-likeness (QED) is 0.732. The first-order valence-electron chi connectivity index (χ1n) is 10.4. The van der Waals surface area contributed by atoms with Crippen molar-refractivity contribution in [3.8, 4) is 0 Å². The molecule has 3 amide bonds. The number of hydrogen-bond donors (Lipinski definition) is 2. The first-order valence-corrected chi connectivity index (χ1v) is 10.4. The minimum Gasteiger partial charge on any atom is -0.444 e. The van der Waals surface area contributed by atoms with Gasteiger partial charge in [-0.2, -0.15) is 0 Å². The molecule has 0 saturated carbocycles. The summed E-state index contributed by atoms with van der Waals surface area (Å²) >= 11 is 0. The molecule has 8 nitrogen and oxygen atoms in total. The van der Waals surface area contributed by atoms with E-state index < -0.39 is 11.6 Å². The first kappa shape index (κ1) is 22.5. The van der Waals surface area contributed by atoms with E-state index in [-0.39, 0.29) is 29.9 Å². The van der Waals surface area contributed by atoms with Crippen LogP contribution in [0.5, 0.6) is 0 Å². The third-order valence-corrected chi connectivity index (χ3v) is 4.94. The number of amides is 3. The number of rotatable bonds is 5. The molecule has 28 heavy (non-hydrogen) atoms. The predicted octanol–water partition coefficient (Wildman–Crippen LogP) is 1.35. The maximum absolute atomic E-state index is 13.0. The molecule has 2 heterocycles. The van der Waals surface area contributed by atoms with Crippen LogP contribution in [-0.4, -0.2) is 78.1 Å². The van der Waals surface area contributed by atoms with E-state index in [0.717, 1.165) is 19.4 Å². The highest BCUT2D eigenvalue weighted by atomic mass is 16.6. The highest BCUT2D eigenvalue weighted by Gasteiger charge is 2.33. The monoisotopic (exact) mass is 396 g/mol. The molecule has 8 heteroatoms. The Morgan fingerprint density at radius 3 is 2.21 bits per heavy atom. The normalized spacial score (nSPS) is 21.6. The Kier molecular flexibility index (Phi) is 7.69. The Labute approximate surface area is 168 Å². The second-order valence-corrected chi connectivity index (χ2v) is 9.13. The average Bonchev–Trinajstić information content (AvgIpc) is 3.13. The van der Waals surface area contributed by atoms with Crippen molar-refractivity contribution in [3.63, 3.8) is 0 Å². The third-order valence-electron chi connectivity index (χ3n) is 4.94. The van der Waals surface area contributed by atoms with Crippen molar-refractivity contribution in [1.82, 2.24) is 20.4 Å². The van der Waals surface area contributed by atoms with E-state index in [2.05, 4.69) is 10.6 Å². The molecule has 2 saturated heterocycles. The number of nitrogens with zero attached hydrogens (tertiary/aromatic N) is 2. The van der Waals surface area contributed by atoms with Gasteiger partial charge in [0, 0.05) is 26.2 Å². The highest BCUT2D eigenvalue weighted by molar-refractivity contribution is 5.90. The van der Waals surface area contributed by atoms with Crippen LogP contribution in [0, 0.1) is 5.92 Å². The standard InChI is InChI=1S/C20H36N4O4/c1-14(2)13-16(22-17(25)15-7-6-8-21-15)18(26)23-9-11-24(12-10-23)19(27)28-20(3,4)5/h14-16,21H,6-13H2,1-5H3,(H,22,25)/t15-,16-/m0/s1. The van der Waals surface area contributed by atoms with Gasteiger partial charge in [-0.05, 0) is 52.5 Å². The highest BCUT2D eigenvalue weighted by Crippen LogP contribution is 2.15. The van der Waals surface area contributed by atoms with Crippen LogP contribution in [0.3, 0.4) is 0 Å². The van der Waals surface area contributed by atoms with Crippen LogP contribution in [-0.2, 0) is 14.3 Å². The van der Waals surface area contributed by atoms with Gasteiger partial charge in [0.2, 0.25) is 11.8 Å². The van der Waals surface area contributed by atoms with E-state index in [1.165, 1.54) is 0 Å². The zero-order valence-corrected chi connectivity index (χ0v) is 17.9. The zero-order valence-electron chi connectivity index (χ0n) is 17.9. The molecular formula is C20H36N4O4. The van der Waals surface area contributed by atoms with E-state index in [1.54, 1.807) is 9.80 Å². The Morgan fingerprint density at radius 1 is 1.11 bits per heavy atom. The molecule has 2 aliphatic heterocycles. The molecule has 0 aliphatic carbocycles. The van der Waals surface area contributed by atoms with Gasteiger partial charge < -0.3 is 25.2 Å². The fourth-order valence-corrected chi connectivity index (χ4v) is 3.53. The van der Waals surface area contributed by atoms with Gasteiger partial charge in [-0.1, -0.05) is 13.8 Å². The van der Waals surface area contributed by atoms with Crippen LogP contribution in [0.25, 0.3) is 0 Å². The van der Waals surface area contributed by atoms with Gasteiger partial charge in [0.1, 0.15) is 11.6 Å². The molecule has 0 aromatic carbocycles. The molecule has 160 valence electrons. The molecule has 2 N–H and O–H groups in total. The van der Waals surface area contributed by atoms with Crippen molar-refractivity contribution in [2.75, 3.05) is 32.7 Å². The van der Waals surface area contributed by atoms with Gasteiger partial charge in [0.05, 0.1) is 6.04 Å². The Hall–Kier alpha value is -1.83. The summed E-state index contributed by atoms with van der Waals surface area (Å²) in [5, 5.41) is 6.13. The summed E-state index contributed by atoms with van der Waals surface area (Å²) in [5.74, 6) is 0.126. The summed E-state index contributed by atoms with van der Waals surface area (Å²) in [7, 11) is 0. The second kappa shape index (κ2) is 9.58. The molecule has 0 aromatic heterocycles. The van der Waals surface area contributed by atoms with Gasteiger partial charge in [0.15, 0.2) is 0 Å². The van der Waals surface area contributed by atoms with Crippen molar-refractivity contribution in [3.05, 3.63) is 0 Å². The van der Waals surface area contributed by atoms with Gasteiger partial charge in [0.25, 0.3) is 0 Å². The van der Waals surface area contributed by atoms with Gasteiger partial charge in [-0.3, -0.25) is 9.59 Å². The molecule has 0 spiro atoms. The summed E-state index contributed by atoms with van der Waals surface area (Å²) in [4.78, 5) is 41.1. The Morgan fingerprint density at radius 2 is 1.71 bits per heavy atom. The van der Waals surface area contributed by atoms with Crippen molar-refractivity contribution in [2.45, 2.75) is 71.6 Å². The summed E-state index contributed by atoms with van der Waals surface area (Å²) < 4.78 is 5.40. The van der Waals surface area contributed by atoms with Crippen LogP contribution in [0.1, 0.15) is 53.9 Å². The molecule has 2 rings (SSSR count). The lowest BCUT2D eigenvalue weighted by molar-refractivity contribution is -0.138. The van der Waals surface area contributed by atoms with E-state index >= 15 is 0 Å². The molecule has 2 aliphatic rings. The minimum atomic E-state index is -0.537. The summed E-state index contributed by atoms with van der Waals surface area (Å²) in [5.41, 5.74) is -0.537. The van der Waals surface area contributed by atoms with Crippen LogP contribution in [0.15, 0.2) is 0 Å². The lowest BCUT2D eigenvalue weighted by Gasteiger charge is -2.37. The van der Waals surface area contributed by atoms with E-state index in [1.807, 2.05) is 34.6 Å². The largest absolute Gasteiger partial charge is 0.444 e. The van der Waals surface area contributed by atoms with Crippen LogP contribution in [0.2, 0.25) is 0 Å². The second-order valence-electron chi connectivity index (χ2n) is 9.13. The lowest BCUT2D eigenvalue weighted by atomic mass is 10.0. The smallest absolute Gasteiger partial charge is 0.410 e. The molecule has 0 aromatic rings. The summed E-state index contributed by atoms with van der Waals surface area (Å²) in [6.45, 7) is 12.2. The molecule has 0 bridgehead atoms. The third kappa shape index (κ3) is 6.65. The zero-order chi connectivity index (χ0) is 20.9. The fourth-order valence-electron chi connectivity index (χ4n) is 3.53. The first-order chi connectivity index (χ1) is 13.1.